The molecule has 0 unspecified atom stereocenters. The lowest BCUT2D eigenvalue weighted by Crippen LogP contribution is -2.13. The summed E-state index contributed by atoms with van der Waals surface area (Å²) in [6.07, 6.45) is 0. The van der Waals surface area contributed by atoms with Crippen LogP contribution in [0.1, 0.15) is 26.3 Å². The number of hydrogen-bond donors (Lipinski definition) is 1. The molecular weight excluding hydrogens is 300 g/mol. The Morgan fingerprint density at radius 3 is 2.22 bits per heavy atom. The number of aryl methyl sites for hydroxylation is 1. The minimum absolute atomic E-state index is 0.0390. The number of non-ortho nitro benzene ring substituents is 1. The molecule has 0 radical (unpaired) electrons. The van der Waals surface area contributed by atoms with Crippen LogP contribution in [-0.2, 0) is 4.74 Å². The molecule has 0 fully saturated rings. The molecule has 1 N–H and O–H groups in total. The van der Waals surface area contributed by atoms with Crippen LogP contribution in [0.5, 0.6) is 0 Å². The normalized spacial score (nSPS) is 10.0. The Hall–Kier alpha value is -3.22. The van der Waals surface area contributed by atoms with Crippen molar-refractivity contribution in [3.8, 4) is 0 Å². The highest BCUT2D eigenvalue weighted by atomic mass is 16.6. The van der Waals surface area contributed by atoms with Crippen molar-refractivity contribution in [1.82, 2.24) is 0 Å². The first kappa shape index (κ1) is 16.2. The number of methoxy groups -OCH3 is 1. The van der Waals surface area contributed by atoms with E-state index >= 15 is 0 Å². The average Bonchev–Trinajstić information content (AvgIpc) is 2.55. The predicted octanol–water partition coefficient (Wildman–Crippen LogP) is 2.94. The van der Waals surface area contributed by atoms with Gasteiger partial charge in [0.05, 0.1) is 17.6 Å². The minimum Gasteiger partial charge on any atom is -0.465 e. The highest BCUT2D eigenvalue weighted by molar-refractivity contribution is 6.05. The number of carbonyl (C=O) groups excluding carboxylic acids is 2. The van der Waals surface area contributed by atoms with E-state index in [-0.39, 0.29) is 11.6 Å². The molecule has 2 aromatic rings. The molecular formula is C16H14N2O5. The number of nitro groups is 1. The fraction of sp³-hybridized carbons (Fsp3) is 0.125. The van der Waals surface area contributed by atoms with Gasteiger partial charge in [0.2, 0.25) is 0 Å². The standard InChI is InChI=1S/C16H14N2O5/c1-10-9-13(18(21)22)7-8-14(10)17-15(19)11-3-5-12(6-4-11)16(20)23-2/h3-9H,1-2H3,(H,17,19). The quantitative estimate of drug-likeness (QED) is 0.531. The maximum absolute atomic E-state index is 12.2. The first-order chi connectivity index (χ1) is 10.9. The Labute approximate surface area is 132 Å². The zero-order valence-electron chi connectivity index (χ0n) is 12.5. The Kier molecular flexibility index (Phi) is 4.70. The fourth-order valence-corrected chi connectivity index (χ4v) is 1.97. The van der Waals surface area contributed by atoms with Crippen LogP contribution in [-0.4, -0.2) is 23.9 Å². The summed E-state index contributed by atoms with van der Waals surface area (Å²) in [5.41, 5.74) is 1.73. The van der Waals surface area contributed by atoms with Gasteiger partial charge in [-0.2, -0.15) is 0 Å². The van der Waals surface area contributed by atoms with Crippen molar-refractivity contribution in [2.75, 3.05) is 12.4 Å². The van der Waals surface area contributed by atoms with Gasteiger partial charge < -0.3 is 10.1 Å². The smallest absolute Gasteiger partial charge is 0.337 e. The first-order valence-corrected chi connectivity index (χ1v) is 6.67. The van der Waals surface area contributed by atoms with E-state index in [4.69, 9.17) is 0 Å². The van der Waals surface area contributed by atoms with E-state index in [1.807, 2.05) is 0 Å². The third kappa shape index (κ3) is 3.70. The molecule has 2 rings (SSSR count). The Bertz CT molecular complexity index is 769. The zero-order valence-corrected chi connectivity index (χ0v) is 12.5. The van der Waals surface area contributed by atoms with Gasteiger partial charge in [-0.25, -0.2) is 4.79 Å². The number of nitro benzene ring substituents is 1. The molecule has 0 heterocycles. The fourth-order valence-electron chi connectivity index (χ4n) is 1.97. The van der Waals surface area contributed by atoms with Crippen molar-refractivity contribution in [1.29, 1.82) is 0 Å². The third-order valence-corrected chi connectivity index (χ3v) is 3.24. The first-order valence-electron chi connectivity index (χ1n) is 6.67. The van der Waals surface area contributed by atoms with Crippen LogP contribution in [0.4, 0.5) is 11.4 Å². The maximum Gasteiger partial charge on any atom is 0.337 e. The molecule has 0 atom stereocenters. The van der Waals surface area contributed by atoms with E-state index in [0.29, 0.717) is 22.4 Å². The van der Waals surface area contributed by atoms with Gasteiger partial charge in [0, 0.05) is 23.4 Å². The zero-order chi connectivity index (χ0) is 17.0. The Morgan fingerprint density at radius 1 is 1.09 bits per heavy atom. The summed E-state index contributed by atoms with van der Waals surface area (Å²) < 4.78 is 4.58. The van der Waals surface area contributed by atoms with E-state index in [1.165, 1.54) is 49.6 Å². The molecule has 0 saturated heterocycles. The summed E-state index contributed by atoms with van der Waals surface area (Å²) in [6, 6.07) is 10.2. The number of hydrogen-bond acceptors (Lipinski definition) is 5. The summed E-state index contributed by atoms with van der Waals surface area (Å²) >= 11 is 0. The molecule has 0 aliphatic heterocycles. The summed E-state index contributed by atoms with van der Waals surface area (Å²) in [4.78, 5) is 33.7. The lowest BCUT2D eigenvalue weighted by Gasteiger charge is -2.08. The summed E-state index contributed by atoms with van der Waals surface area (Å²) in [6.45, 7) is 1.67. The van der Waals surface area contributed by atoms with Gasteiger partial charge in [0.15, 0.2) is 0 Å². The van der Waals surface area contributed by atoms with Gasteiger partial charge in [-0.3, -0.25) is 14.9 Å². The van der Waals surface area contributed by atoms with Crippen LogP contribution < -0.4 is 5.32 Å². The number of carbonyl (C=O) groups is 2. The number of nitrogens with one attached hydrogen (secondary N) is 1. The Balaban J connectivity index is 2.16. The van der Waals surface area contributed by atoms with Crippen LogP contribution in [0, 0.1) is 17.0 Å². The molecule has 7 nitrogen and oxygen atoms in total. The highest BCUT2D eigenvalue weighted by Crippen LogP contribution is 2.21. The van der Waals surface area contributed by atoms with Gasteiger partial charge >= 0.3 is 5.97 Å². The van der Waals surface area contributed by atoms with Crippen LogP contribution in [0.25, 0.3) is 0 Å². The summed E-state index contributed by atoms with van der Waals surface area (Å²) in [5.74, 6) is -0.860. The van der Waals surface area contributed by atoms with Gasteiger partial charge in [-0.1, -0.05) is 0 Å². The van der Waals surface area contributed by atoms with E-state index in [2.05, 4.69) is 10.1 Å². The highest BCUT2D eigenvalue weighted by Gasteiger charge is 2.12. The maximum atomic E-state index is 12.2. The molecule has 2 aromatic carbocycles. The molecule has 7 heteroatoms. The SMILES string of the molecule is COC(=O)c1ccc(C(=O)Nc2ccc([N+](=O)[O-])cc2C)cc1. The van der Waals surface area contributed by atoms with Gasteiger partial charge in [-0.15, -0.1) is 0 Å². The minimum atomic E-state index is -0.496. The second-order valence-electron chi connectivity index (χ2n) is 4.78. The van der Waals surface area contributed by atoms with Gasteiger partial charge in [0.1, 0.15) is 0 Å². The lowest BCUT2D eigenvalue weighted by molar-refractivity contribution is -0.384. The molecule has 1 amide bonds. The van der Waals surface area contributed by atoms with Crippen molar-refractivity contribution in [2.45, 2.75) is 6.92 Å². The topological polar surface area (TPSA) is 98.5 Å². The molecule has 0 aliphatic rings. The molecule has 23 heavy (non-hydrogen) atoms. The van der Waals surface area contributed by atoms with Crippen molar-refractivity contribution in [3.05, 3.63) is 69.3 Å². The Morgan fingerprint density at radius 2 is 1.70 bits per heavy atom. The van der Waals surface area contributed by atoms with Crippen LogP contribution in [0.15, 0.2) is 42.5 Å². The van der Waals surface area contributed by atoms with Crippen molar-refractivity contribution < 1.29 is 19.2 Å². The molecule has 118 valence electrons. The van der Waals surface area contributed by atoms with E-state index < -0.39 is 10.9 Å². The number of nitrogens with zero attached hydrogens (tertiary/aromatic N) is 1. The van der Waals surface area contributed by atoms with E-state index in [0.717, 1.165) is 0 Å². The van der Waals surface area contributed by atoms with Crippen molar-refractivity contribution in [3.63, 3.8) is 0 Å². The van der Waals surface area contributed by atoms with Gasteiger partial charge in [0.25, 0.3) is 11.6 Å². The molecule has 0 spiro atoms. The number of anilines is 1. The number of rotatable bonds is 4. The molecule has 0 bridgehead atoms. The van der Waals surface area contributed by atoms with E-state index in [1.54, 1.807) is 6.92 Å². The van der Waals surface area contributed by atoms with Crippen LogP contribution in [0.2, 0.25) is 0 Å². The summed E-state index contributed by atoms with van der Waals surface area (Å²) in [7, 11) is 1.28. The van der Waals surface area contributed by atoms with Crippen LogP contribution in [0.3, 0.4) is 0 Å². The van der Waals surface area contributed by atoms with Crippen molar-refractivity contribution in [2.24, 2.45) is 0 Å². The third-order valence-electron chi connectivity index (χ3n) is 3.24. The second-order valence-corrected chi connectivity index (χ2v) is 4.78. The monoisotopic (exact) mass is 314 g/mol. The van der Waals surface area contributed by atoms with Crippen LogP contribution >= 0.6 is 0 Å². The number of amides is 1. The number of ether oxygens (including phenoxy) is 1. The lowest BCUT2D eigenvalue weighted by atomic mass is 10.1. The molecule has 0 aliphatic carbocycles. The predicted molar refractivity (Wildman–Crippen MR) is 83.6 cm³/mol. The second kappa shape index (κ2) is 6.69. The molecule has 0 saturated carbocycles. The number of esters is 1. The van der Waals surface area contributed by atoms with Gasteiger partial charge in [-0.05, 0) is 42.8 Å². The number of benzene rings is 2. The molecule has 0 aromatic heterocycles. The summed E-state index contributed by atoms with van der Waals surface area (Å²) in [5, 5.41) is 13.4. The van der Waals surface area contributed by atoms with Crippen molar-refractivity contribution >= 4 is 23.3 Å². The largest absolute Gasteiger partial charge is 0.465 e. The van der Waals surface area contributed by atoms with E-state index in [9.17, 15) is 19.7 Å². The average molecular weight is 314 g/mol.